The second-order valence-corrected chi connectivity index (χ2v) is 10.8. The van der Waals surface area contributed by atoms with Gasteiger partial charge in [-0.05, 0) is 106 Å². The number of rotatable bonds is 2. The van der Waals surface area contributed by atoms with Crippen molar-refractivity contribution in [2.75, 3.05) is 0 Å². The van der Waals surface area contributed by atoms with Crippen molar-refractivity contribution in [1.29, 1.82) is 0 Å². The van der Waals surface area contributed by atoms with E-state index in [0.29, 0.717) is 5.41 Å². The standard InChI is InChI=1S/C24H29I/c1-16-14-20-21(23(4,5)11-10-22(20,2)3)15-19(16)24(12-13-24)17-6-8-18(25)9-7-17/h6-9,14-15H,10-13H2,1-5H3. The third-order valence-corrected chi connectivity index (χ3v) is 7.58. The zero-order chi connectivity index (χ0) is 18.0. The van der Waals surface area contributed by atoms with Crippen LogP contribution in [0, 0.1) is 10.5 Å². The van der Waals surface area contributed by atoms with Crippen molar-refractivity contribution >= 4 is 22.6 Å². The number of halogens is 1. The van der Waals surface area contributed by atoms with Gasteiger partial charge in [0.05, 0.1) is 0 Å². The van der Waals surface area contributed by atoms with Gasteiger partial charge in [0.15, 0.2) is 0 Å². The SMILES string of the molecule is Cc1cc2c(cc1C1(c3ccc(I)cc3)CC1)C(C)(C)CCC2(C)C. The highest BCUT2D eigenvalue weighted by molar-refractivity contribution is 14.1. The summed E-state index contributed by atoms with van der Waals surface area (Å²) in [5.74, 6) is 0. The van der Waals surface area contributed by atoms with Crippen LogP contribution in [0.2, 0.25) is 0 Å². The van der Waals surface area contributed by atoms with Gasteiger partial charge in [0.2, 0.25) is 0 Å². The fourth-order valence-electron chi connectivity index (χ4n) is 4.85. The molecule has 0 saturated heterocycles. The molecule has 1 heteroatoms. The highest BCUT2D eigenvalue weighted by Gasteiger charge is 2.48. The first-order valence-electron chi connectivity index (χ1n) is 9.58. The van der Waals surface area contributed by atoms with Crippen LogP contribution >= 0.6 is 22.6 Å². The highest BCUT2D eigenvalue weighted by Crippen LogP contribution is 2.56. The third kappa shape index (κ3) is 2.78. The molecule has 0 spiro atoms. The van der Waals surface area contributed by atoms with E-state index in [9.17, 15) is 0 Å². The van der Waals surface area contributed by atoms with E-state index in [1.807, 2.05) is 0 Å². The fraction of sp³-hybridized carbons (Fsp3) is 0.500. The van der Waals surface area contributed by atoms with Crippen LogP contribution in [0.5, 0.6) is 0 Å². The molecule has 0 amide bonds. The van der Waals surface area contributed by atoms with Crippen molar-refractivity contribution in [3.05, 3.63) is 67.8 Å². The van der Waals surface area contributed by atoms with E-state index in [1.165, 1.54) is 40.4 Å². The lowest BCUT2D eigenvalue weighted by molar-refractivity contribution is 0.331. The van der Waals surface area contributed by atoms with Crippen LogP contribution in [0.1, 0.15) is 81.2 Å². The molecule has 2 aromatic rings. The molecular formula is C24H29I. The van der Waals surface area contributed by atoms with Crippen molar-refractivity contribution in [3.8, 4) is 0 Å². The Morgan fingerprint density at radius 2 is 1.24 bits per heavy atom. The van der Waals surface area contributed by atoms with Gasteiger partial charge >= 0.3 is 0 Å². The summed E-state index contributed by atoms with van der Waals surface area (Å²) in [5.41, 5.74) is 8.61. The summed E-state index contributed by atoms with van der Waals surface area (Å²) in [6, 6.07) is 14.3. The van der Waals surface area contributed by atoms with Gasteiger partial charge in [0.1, 0.15) is 0 Å². The number of hydrogen-bond donors (Lipinski definition) is 0. The van der Waals surface area contributed by atoms with Crippen LogP contribution in [-0.2, 0) is 16.2 Å². The molecule has 0 nitrogen and oxygen atoms in total. The largest absolute Gasteiger partial charge is 0.0571 e. The van der Waals surface area contributed by atoms with Gasteiger partial charge in [-0.2, -0.15) is 0 Å². The molecule has 0 atom stereocenters. The van der Waals surface area contributed by atoms with Gasteiger partial charge in [0, 0.05) is 8.99 Å². The predicted octanol–water partition coefficient (Wildman–Crippen LogP) is 7.03. The van der Waals surface area contributed by atoms with Crippen molar-refractivity contribution in [2.24, 2.45) is 0 Å². The quantitative estimate of drug-likeness (QED) is 0.437. The molecule has 0 N–H and O–H groups in total. The number of aryl methyl sites for hydroxylation is 1. The average molecular weight is 444 g/mol. The molecule has 0 heterocycles. The molecule has 2 aromatic carbocycles. The van der Waals surface area contributed by atoms with Crippen molar-refractivity contribution < 1.29 is 0 Å². The lowest BCUT2D eigenvalue weighted by atomic mass is 9.62. The lowest BCUT2D eigenvalue weighted by Gasteiger charge is -2.43. The minimum absolute atomic E-state index is 0.265. The van der Waals surface area contributed by atoms with Gasteiger partial charge in [-0.3, -0.25) is 0 Å². The van der Waals surface area contributed by atoms with Crippen molar-refractivity contribution in [1.82, 2.24) is 0 Å². The van der Waals surface area contributed by atoms with Gasteiger partial charge < -0.3 is 0 Å². The van der Waals surface area contributed by atoms with E-state index < -0.39 is 0 Å². The molecule has 2 aliphatic rings. The Bertz CT molecular complexity index is 820. The summed E-state index contributed by atoms with van der Waals surface area (Å²) >= 11 is 2.40. The van der Waals surface area contributed by atoms with Gasteiger partial charge in [-0.1, -0.05) is 52.0 Å². The summed E-state index contributed by atoms with van der Waals surface area (Å²) in [6.07, 6.45) is 5.15. The first-order chi connectivity index (χ1) is 11.7. The first kappa shape index (κ1) is 17.6. The van der Waals surface area contributed by atoms with Crippen LogP contribution in [0.25, 0.3) is 0 Å². The number of hydrogen-bond acceptors (Lipinski definition) is 0. The smallest absolute Gasteiger partial charge is 0.0206 e. The van der Waals surface area contributed by atoms with Crippen LogP contribution in [0.4, 0.5) is 0 Å². The Hall–Kier alpha value is -0.830. The Labute approximate surface area is 166 Å². The molecule has 4 rings (SSSR count). The Morgan fingerprint density at radius 1 is 0.720 bits per heavy atom. The van der Waals surface area contributed by atoms with E-state index in [4.69, 9.17) is 0 Å². The average Bonchev–Trinajstić information content (AvgIpc) is 3.34. The molecule has 0 radical (unpaired) electrons. The summed E-state index contributed by atoms with van der Waals surface area (Å²) in [7, 11) is 0. The molecule has 1 fully saturated rings. The Balaban J connectivity index is 1.89. The van der Waals surface area contributed by atoms with Crippen LogP contribution < -0.4 is 0 Å². The minimum atomic E-state index is 0.265. The second-order valence-electron chi connectivity index (χ2n) is 9.57. The van der Waals surface area contributed by atoms with E-state index >= 15 is 0 Å². The van der Waals surface area contributed by atoms with E-state index in [2.05, 4.69) is 93.6 Å². The van der Waals surface area contributed by atoms with Crippen LogP contribution in [-0.4, -0.2) is 0 Å². The summed E-state index contributed by atoms with van der Waals surface area (Å²) in [6.45, 7) is 12.0. The van der Waals surface area contributed by atoms with Gasteiger partial charge in [0.25, 0.3) is 0 Å². The molecule has 0 bridgehead atoms. The maximum Gasteiger partial charge on any atom is 0.0206 e. The van der Waals surface area contributed by atoms with Crippen molar-refractivity contribution in [2.45, 2.75) is 76.5 Å². The van der Waals surface area contributed by atoms with Crippen LogP contribution in [0.3, 0.4) is 0 Å². The summed E-state index contributed by atoms with van der Waals surface area (Å²) in [5, 5.41) is 0. The number of benzene rings is 2. The molecule has 2 aliphatic carbocycles. The normalized spacial score (nSPS) is 22.3. The molecular weight excluding hydrogens is 415 g/mol. The third-order valence-electron chi connectivity index (χ3n) is 6.86. The Kier molecular flexibility index (Phi) is 3.92. The molecule has 0 unspecified atom stereocenters. The maximum absolute atomic E-state index is 2.59. The second kappa shape index (κ2) is 5.58. The van der Waals surface area contributed by atoms with E-state index in [-0.39, 0.29) is 10.8 Å². The fourth-order valence-corrected chi connectivity index (χ4v) is 5.20. The van der Waals surface area contributed by atoms with Gasteiger partial charge in [-0.15, -0.1) is 0 Å². The van der Waals surface area contributed by atoms with Crippen molar-refractivity contribution in [3.63, 3.8) is 0 Å². The highest BCUT2D eigenvalue weighted by atomic mass is 127. The number of fused-ring (bicyclic) bond motifs is 1. The van der Waals surface area contributed by atoms with E-state index in [1.54, 1.807) is 16.7 Å². The van der Waals surface area contributed by atoms with Crippen LogP contribution in [0.15, 0.2) is 36.4 Å². The van der Waals surface area contributed by atoms with E-state index in [0.717, 1.165) is 0 Å². The lowest BCUT2D eigenvalue weighted by Crippen LogP contribution is -2.34. The predicted molar refractivity (Wildman–Crippen MR) is 116 cm³/mol. The topological polar surface area (TPSA) is 0 Å². The zero-order valence-corrected chi connectivity index (χ0v) is 18.3. The molecule has 0 aliphatic heterocycles. The molecule has 132 valence electrons. The summed E-state index contributed by atoms with van der Waals surface area (Å²) < 4.78 is 1.32. The van der Waals surface area contributed by atoms with Gasteiger partial charge in [-0.25, -0.2) is 0 Å². The summed E-state index contributed by atoms with van der Waals surface area (Å²) in [4.78, 5) is 0. The molecule has 1 saturated carbocycles. The Morgan fingerprint density at radius 3 is 1.76 bits per heavy atom. The monoisotopic (exact) mass is 444 g/mol. The minimum Gasteiger partial charge on any atom is -0.0571 e. The maximum atomic E-state index is 2.59. The molecule has 25 heavy (non-hydrogen) atoms. The molecule has 0 aromatic heterocycles. The first-order valence-corrected chi connectivity index (χ1v) is 10.7. The zero-order valence-electron chi connectivity index (χ0n) is 16.2.